The van der Waals surface area contributed by atoms with Gasteiger partial charge in [0, 0.05) is 18.3 Å². The molecule has 8 heteroatoms. The third kappa shape index (κ3) is 5.00. The van der Waals surface area contributed by atoms with Gasteiger partial charge in [-0.05, 0) is 37.1 Å². The highest BCUT2D eigenvalue weighted by Crippen LogP contribution is 2.19. The van der Waals surface area contributed by atoms with E-state index in [1.165, 1.54) is 0 Å². The van der Waals surface area contributed by atoms with Crippen LogP contribution in [0.15, 0.2) is 47.1 Å². The Morgan fingerprint density at radius 1 is 1.11 bits per heavy atom. The van der Waals surface area contributed by atoms with E-state index in [2.05, 4.69) is 20.4 Å². The summed E-state index contributed by atoms with van der Waals surface area (Å²) in [7, 11) is 0. The lowest BCUT2D eigenvalue weighted by Crippen LogP contribution is -2.22. The summed E-state index contributed by atoms with van der Waals surface area (Å²) < 4.78 is 10.1. The van der Waals surface area contributed by atoms with Crippen molar-refractivity contribution in [2.24, 2.45) is 0 Å². The first-order chi connectivity index (χ1) is 13.5. The molecule has 0 spiro atoms. The Hall–Kier alpha value is -3.55. The summed E-state index contributed by atoms with van der Waals surface area (Å²) in [5.74, 6) is -0.246. The highest BCUT2D eigenvalue weighted by molar-refractivity contribution is 5.94. The van der Waals surface area contributed by atoms with E-state index in [1.807, 2.05) is 38.1 Å². The molecular formula is C20H20N4O4. The molecule has 8 nitrogen and oxygen atoms in total. The summed E-state index contributed by atoms with van der Waals surface area (Å²) in [6.45, 7) is 3.45. The van der Waals surface area contributed by atoms with E-state index in [1.54, 1.807) is 18.3 Å². The molecule has 144 valence electrons. The molecule has 0 aliphatic heterocycles. The van der Waals surface area contributed by atoms with Crippen LogP contribution in [0.4, 0.5) is 5.69 Å². The standard InChI is InChI=1S/C20H20N4O4/c1-13-6-5-7-14(2)19(13)22-16(25)12-27-18(26)10-9-17-23-20(24-28-17)15-8-3-4-11-21-15/h3-8,11H,9-10,12H2,1-2H3,(H,22,25). The summed E-state index contributed by atoms with van der Waals surface area (Å²) in [6, 6.07) is 11.1. The Balaban J connectivity index is 1.45. The van der Waals surface area contributed by atoms with Gasteiger partial charge in [-0.2, -0.15) is 4.98 Å². The summed E-state index contributed by atoms with van der Waals surface area (Å²) in [4.78, 5) is 32.2. The monoisotopic (exact) mass is 380 g/mol. The predicted molar refractivity (Wildman–Crippen MR) is 101 cm³/mol. The molecule has 28 heavy (non-hydrogen) atoms. The van der Waals surface area contributed by atoms with Gasteiger partial charge in [0.1, 0.15) is 5.69 Å². The molecule has 0 saturated carbocycles. The molecular weight excluding hydrogens is 360 g/mol. The summed E-state index contributed by atoms with van der Waals surface area (Å²) >= 11 is 0. The van der Waals surface area contributed by atoms with Gasteiger partial charge in [-0.15, -0.1) is 0 Å². The van der Waals surface area contributed by atoms with Crippen molar-refractivity contribution < 1.29 is 18.8 Å². The first kappa shape index (κ1) is 19.2. The number of anilines is 1. The van der Waals surface area contributed by atoms with Gasteiger partial charge in [0.2, 0.25) is 11.7 Å². The quantitative estimate of drug-likeness (QED) is 0.628. The Kier molecular flexibility index (Phi) is 6.11. The lowest BCUT2D eigenvalue weighted by molar-refractivity contribution is -0.147. The third-order valence-corrected chi connectivity index (χ3v) is 4.01. The molecule has 0 unspecified atom stereocenters. The van der Waals surface area contributed by atoms with E-state index >= 15 is 0 Å². The van der Waals surface area contributed by atoms with Crippen LogP contribution in [-0.2, 0) is 20.7 Å². The number of amides is 1. The van der Waals surface area contributed by atoms with Gasteiger partial charge in [-0.3, -0.25) is 14.6 Å². The fourth-order valence-corrected chi connectivity index (χ4v) is 2.57. The number of hydrogen-bond donors (Lipinski definition) is 1. The van der Waals surface area contributed by atoms with Crippen molar-refractivity contribution in [3.8, 4) is 11.5 Å². The second kappa shape index (κ2) is 8.90. The van der Waals surface area contributed by atoms with Crippen molar-refractivity contribution in [3.05, 3.63) is 59.6 Å². The topological polar surface area (TPSA) is 107 Å². The number of nitrogens with zero attached hydrogens (tertiary/aromatic N) is 3. The fraction of sp³-hybridized carbons (Fsp3) is 0.250. The largest absolute Gasteiger partial charge is 0.456 e. The van der Waals surface area contributed by atoms with Crippen LogP contribution < -0.4 is 5.32 Å². The second-order valence-corrected chi connectivity index (χ2v) is 6.20. The number of esters is 1. The molecule has 3 aromatic rings. The van der Waals surface area contributed by atoms with Crippen LogP contribution in [0.5, 0.6) is 0 Å². The van der Waals surface area contributed by atoms with Gasteiger partial charge in [-0.25, -0.2) is 0 Å². The van der Waals surface area contributed by atoms with E-state index < -0.39 is 5.97 Å². The predicted octanol–water partition coefficient (Wildman–Crippen LogP) is 2.86. The maximum absolute atomic E-state index is 12.0. The van der Waals surface area contributed by atoms with Gasteiger partial charge in [0.05, 0.1) is 6.42 Å². The Morgan fingerprint density at radius 3 is 2.61 bits per heavy atom. The molecule has 1 N–H and O–H groups in total. The Labute approximate surface area is 161 Å². The number of nitrogens with one attached hydrogen (secondary N) is 1. The molecule has 2 aromatic heterocycles. The average molecular weight is 380 g/mol. The van der Waals surface area contributed by atoms with Gasteiger partial charge < -0.3 is 14.6 Å². The van der Waals surface area contributed by atoms with Crippen molar-refractivity contribution in [2.45, 2.75) is 26.7 Å². The summed E-state index contributed by atoms with van der Waals surface area (Å²) in [5, 5.41) is 6.60. The van der Waals surface area contributed by atoms with E-state index in [0.29, 0.717) is 17.4 Å². The maximum Gasteiger partial charge on any atom is 0.306 e. The highest BCUT2D eigenvalue weighted by atomic mass is 16.5. The van der Waals surface area contributed by atoms with E-state index in [0.717, 1.165) is 16.8 Å². The Bertz CT molecular complexity index is 949. The molecule has 2 heterocycles. The summed E-state index contributed by atoms with van der Waals surface area (Å²) in [6.07, 6.45) is 1.88. The van der Waals surface area contributed by atoms with Crippen LogP contribution >= 0.6 is 0 Å². The number of pyridine rings is 1. The smallest absolute Gasteiger partial charge is 0.306 e. The molecule has 3 rings (SSSR count). The number of ether oxygens (including phenoxy) is 1. The first-order valence-electron chi connectivity index (χ1n) is 8.78. The summed E-state index contributed by atoms with van der Waals surface area (Å²) in [5.41, 5.74) is 3.21. The number of hydrogen-bond acceptors (Lipinski definition) is 7. The molecule has 0 bridgehead atoms. The molecule has 1 amide bonds. The number of rotatable bonds is 7. The molecule has 0 aliphatic rings. The van der Waals surface area contributed by atoms with Crippen LogP contribution in [0.25, 0.3) is 11.5 Å². The van der Waals surface area contributed by atoms with Gasteiger partial charge >= 0.3 is 5.97 Å². The van der Waals surface area contributed by atoms with Gasteiger partial charge in [-0.1, -0.05) is 29.4 Å². The second-order valence-electron chi connectivity index (χ2n) is 6.20. The molecule has 0 fully saturated rings. The van der Waals surface area contributed by atoms with Crippen LogP contribution in [-0.4, -0.2) is 33.6 Å². The normalized spacial score (nSPS) is 10.5. The molecule has 0 atom stereocenters. The van der Waals surface area contributed by atoms with Crippen molar-refractivity contribution >= 4 is 17.6 Å². The minimum absolute atomic E-state index is 0.0283. The first-order valence-corrected chi connectivity index (χ1v) is 8.78. The molecule has 0 saturated heterocycles. The van der Waals surface area contributed by atoms with E-state index in [4.69, 9.17) is 9.26 Å². The van der Waals surface area contributed by atoms with Crippen molar-refractivity contribution in [3.63, 3.8) is 0 Å². The number of aromatic nitrogens is 3. The number of carbonyl (C=O) groups excluding carboxylic acids is 2. The zero-order valence-electron chi connectivity index (χ0n) is 15.6. The van der Waals surface area contributed by atoms with Crippen LogP contribution in [0.3, 0.4) is 0 Å². The number of aryl methyl sites for hydroxylation is 3. The van der Waals surface area contributed by atoms with Gasteiger partial charge in [0.15, 0.2) is 6.61 Å². The number of benzene rings is 1. The highest BCUT2D eigenvalue weighted by Gasteiger charge is 2.14. The van der Waals surface area contributed by atoms with E-state index in [9.17, 15) is 9.59 Å². The van der Waals surface area contributed by atoms with Crippen LogP contribution in [0.2, 0.25) is 0 Å². The van der Waals surface area contributed by atoms with Crippen LogP contribution in [0, 0.1) is 13.8 Å². The zero-order chi connectivity index (χ0) is 19.9. The van der Waals surface area contributed by atoms with Crippen molar-refractivity contribution in [1.82, 2.24) is 15.1 Å². The molecule has 1 aromatic carbocycles. The number of carbonyl (C=O) groups is 2. The van der Waals surface area contributed by atoms with Crippen molar-refractivity contribution in [1.29, 1.82) is 0 Å². The van der Waals surface area contributed by atoms with E-state index in [-0.39, 0.29) is 25.4 Å². The van der Waals surface area contributed by atoms with Gasteiger partial charge in [0.25, 0.3) is 5.91 Å². The molecule has 0 aliphatic carbocycles. The molecule has 0 radical (unpaired) electrons. The third-order valence-electron chi connectivity index (χ3n) is 4.01. The number of para-hydroxylation sites is 1. The Morgan fingerprint density at radius 2 is 1.89 bits per heavy atom. The minimum Gasteiger partial charge on any atom is -0.456 e. The zero-order valence-corrected chi connectivity index (χ0v) is 15.6. The fourth-order valence-electron chi connectivity index (χ4n) is 2.57. The van der Waals surface area contributed by atoms with Crippen molar-refractivity contribution in [2.75, 3.05) is 11.9 Å². The lowest BCUT2D eigenvalue weighted by atomic mass is 10.1. The average Bonchev–Trinajstić information content (AvgIpc) is 3.17. The van der Waals surface area contributed by atoms with Crippen LogP contribution in [0.1, 0.15) is 23.4 Å². The lowest BCUT2D eigenvalue weighted by Gasteiger charge is -2.11. The maximum atomic E-state index is 12.0. The minimum atomic E-state index is -0.519. The SMILES string of the molecule is Cc1cccc(C)c1NC(=O)COC(=O)CCc1nc(-c2ccccn2)no1.